The molecule has 2 amide bonds. The average molecular weight is 421 g/mol. The van der Waals surface area contributed by atoms with Crippen LogP contribution in [0.4, 0.5) is 5.69 Å². The Bertz CT molecular complexity index is 1030. The molecule has 8 nitrogen and oxygen atoms in total. The van der Waals surface area contributed by atoms with Crippen molar-refractivity contribution in [2.24, 2.45) is 0 Å². The van der Waals surface area contributed by atoms with Crippen molar-refractivity contribution >= 4 is 23.5 Å². The first-order valence-corrected chi connectivity index (χ1v) is 9.90. The lowest BCUT2D eigenvalue weighted by atomic mass is 10.1. The normalized spacial score (nSPS) is 13.3. The van der Waals surface area contributed by atoms with Gasteiger partial charge in [0.25, 0.3) is 5.91 Å². The van der Waals surface area contributed by atoms with Crippen molar-refractivity contribution in [2.75, 3.05) is 31.6 Å². The second kappa shape index (κ2) is 9.76. The number of likely N-dealkylation sites (N-methyl/N-ethyl adjacent to an activating group) is 1. The van der Waals surface area contributed by atoms with Gasteiger partial charge in [-0.15, -0.1) is 0 Å². The van der Waals surface area contributed by atoms with Crippen LogP contribution in [0, 0.1) is 11.3 Å². The predicted octanol–water partition coefficient (Wildman–Crippen LogP) is 2.51. The summed E-state index contributed by atoms with van der Waals surface area (Å²) in [5.41, 5.74) is 2.26. The van der Waals surface area contributed by atoms with Gasteiger partial charge in [-0.1, -0.05) is 12.1 Å². The number of amides is 2. The first-order valence-electron chi connectivity index (χ1n) is 9.90. The minimum atomic E-state index is -0.417. The van der Waals surface area contributed by atoms with Gasteiger partial charge in [-0.3, -0.25) is 14.4 Å². The number of nitriles is 1. The van der Waals surface area contributed by atoms with Crippen molar-refractivity contribution in [3.05, 3.63) is 59.2 Å². The summed E-state index contributed by atoms with van der Waals surface area (Å²) in [6, 6.07) is 14.1. The van der Waals surface area contributed by atoms with Crippen LogP contribution in [0.15, 0.2) is 42.5 Å². The highest BCUT2D eigenvalue weighted by Gasteiger charge is 2.30. The van der Waals surface area contributed by atoms with Crippen molar-refractivity contribution in [1.29, 1.82) is 5.26 Å². The molecule has 0 saturated heterocycles. The number of benzene rings is 2. The first kappa shape index (κ1) is 21.8. The zero-order chi connectivity index (χ0) is 22.4. The molecule has 0 fully saturated rings. The van der Waals surface area contributed by atoms with E-state index in [4.69, 9.17) is 14.7 Å². The molecule has 0 aromatic heterocycles. The van der Waals surface area contributed by atoms with Gasteiger partial charge >= 0.3 is 5.97 Å². The molecular formula is C23H23N3O5. The second-order valence-electron chi connectivity index (χ2n) is 7.01. The third-order valence-electron chi connectivity index (χ3n) is 4.93. The van der Waals surface area contributed by atoms with Crippen LogP contribution in [-0.2, 0) is 20.9 Å². The third-order valence-corrected chi connectivity index (χ3v) is 4.93. The van der Waals surface area contributed by atoms with E-state index in [-0.39, 0.29) is 44.5 Å². The summed E-state index contributed by atoms with van der Waals surface area (Å²) in [7, 11) is 1.61. The van der Waals surface area contributed by atoms with Crippen LogP contribution in [0.25, 0.3) is 0 Å². The summed E-state index contributed by atoms with van der Waals surface area (Å²) in [4.78, 5) is 40.1. The van der Waals surface area contributed by atoms with Crippen molar-refractivity contribution in [1.82, 2.24) is 4.90 Å². The van der Waals surface area contributed by atoms with Crippen LogP contribution >= 0.6 is 0 Å². The van der Waals surface area contributed by atoms with Crippen LogP contribution < -0.4 is 9.64 Å². The maximum absolute atomic E-state index is 13.1. The minimum absolute atomic E-state index is 0.0147. The molecule has 160 valence electrons. The molecule has 0 saturated carbocycles. The van der Waals surface area contributed by atoms with Gasteiger partial charge in [0.15, 0.2) is 0 Å². The van der Waals surface area contributed by atoms with E-state index >= 15 is 0 Å². The molecular weight excluding hydrogens is 398 g/mol. The molecule has 0 spiro atoms. The van der Waals surface area contributed by atoms with E-state index in [0.29, 0.717) is 22.6 Å². The topological polar surface area (TPSA) is 99.9 Å². The number of ether oxygens (including phenoxy) is 2. The van der Waals surface area contributed by atoms with E-state index in [1.54, 1.807) is 56.4 Å². The lowest BCUT2D eigenvalue weighted by Gasteiger charge is -2.19. The minimum Gasteiger partial charge on any atom is -0.489 e. The Morgan fingerprint density at radius 1 is 1.16 bits per heavy atom. The number of fused-ring (bicyclic) bond motifs is 1. The van der Waals surface area contributed by atoms with Gasteiger partial charge in [0, 0.05) is 13.6 Å². The van der Waals surface area contributed by atoms with E-state index in [1.165, 1.54) is 9.80 Å². The molecule has 0 N–H and O–H groups in total. The second-order valence-corrected chi connectivity index (χ2v) is 7.01. The van der Waals surface area contributed by atoms with Crippen LogP contribution in [0.1, 0.15) is 34.8 Å². The Kier molecular flexibility index (Phi) is 6.88. The van der Waals surface area contributed by atoms with Gasteiger partial charge in [-0.25, -0.2) is 0 Å². The fourth-order valence-electron chi connectivity index (χ4n) is 3.20. The standard InChI is InChI=1S/C23H23N3O5/c1-3-30-22(28)10-11-26-14-21(27)25(2)20-9-8-18(12-19(20)23(26)29)31-15-17-6-4-16(13-24)5-7-17/h4-9,12H,3,10-11,14-15H2,1-2H3. The Morgan fingerprint density at radius 2 is 1.90 bits per heavy atom. The Morgan fingerprint density at radius 3 is 2.58 bits per heavy atom. The predicted molar refractivity (Wildman–Crippen MR) is 112 cm³/mol. The summed E-state index contributed by atoms with van der Waals surface area (Å²) in [6.45, 7) is 2.21. The lowest BCUT2D eigenvalue weighted by Crippen LogP contribution is -2.39. The zero-order valence-corrected chi connectivity index (χ0v) is 17.5. The molecule has 0 unspecified atom stereocenters. The van der Waals surface area contributed by atoms with Gasteiger partial charge in [0.2, 0.25) is 5.91 Å². The van der Waals surface area contributed by atoms with Gasteiger partial charge in [0.05, 0.1) is 35.9 Å². The number of hydrogen-bond donors (Lipinski definition) is 0. The van der Waals surface area contributed by atoms with Crippen molar-refractivity contribution in [3.63, 3.8) is 0 Å². The van der Waals surface area contributed by atoms with Crippen molar-refractivity contribution in [2.45, 2.75) is 20.0 Å². The van der Waals surface area contributed by atoms with E-state index < -0.39 is 5.97 Å². The van der Waals surface area contributed by atoms with Crippen molar-refractivity contribution in [3.8, 4) is 11.8 Å². The summed E-state index contributed by atoms with van der Waals surface area (Å²) in [5, 5.41) is 8.88. The molecule has 0 bridgehead atoms. The molecule has 2 aromatic carbocycles. The molecule has 3 rings (SSSR count). The third kappa shape index (κ3) is 5.20. The zero-order valence-electron chi connectivity index (χ0n) is 17.5. The molecule has 0 atom stereocenters. The average Bonchev–Trinajstić information content (AvgIpc) is 2.87. The number of hydrogen-bond acceptors (Lipinski definition) is 6. The molecule has 0 aliphatic carbocycles. The Hall–Kier alpha value is -3.86. The molecule has 31 heavy (non-hydrogen) atoms. The highest BCUT2D eigenvalue weighted by atomic mass is 16.5. The fraction of sp³-hybridized carbons (Fsp3) is 0.304. The molecule has 1 aliphatic rings. The number of anilines is 1. The molecule has 1 heterocycles. The Labute approximate surface area is 180 Å². The van der Waals surface area contributed by atoms with E-state index in [2.05, 4.69) is 6.07 Å². The van der Waals surface area contributed by atoms with Crippen molar-refractivity contribution < 1.29 is 23.9 Å². The van der Waals surface area contributed by atoms with E-state index in [0.717, 1.165) is 5.56 Å². The van der Waals surface area contributed by atoms with Crippen LogP contribution in [0.3, 0.4) is 0 Å². The van der Waals surface area contributed by atoms with E-state index in [1.807, 2.05) is 0 Å². The summed E-state index contributed by atoms with van der Waals surface area (Å²) < 4.78 is 10.7. The molecule has 0 radical (unpaired) electrons. The number of rotatable bonds is 7. The first-order chi connectivity index (χ1) is 14.9. The quantitative estimate of drug-likeness (QED) is 0.637. The highest BCUT2D eigenvalue weighted by molar-refractivity contribution is 6.09. The maximum Gasteiger partial charge on any atom is 0.307 e. The lowest BCUT2D eigenvalue weighted by molar-refractivity contribution is -0.143. The maximum atomic E-state index is 13.1. The number of nitrogens with zero attached hydrogens (tertiary/aromatic N) is 3. The summed E-state index contributed by atoms with van der Waals surface area (Å²) >= 11 is 0. The van der Waals surface area contributed by atoms with Crippen LogP contribution in [0.2, 0.25) is 0 Å². The number of carbonyl (C=O) groups is 3. The van der Waals surface area contributed by atoms with Gasteiger partial charge < -0.3 is 19.3 Å². The summed E-state index contributed by atoms with van der Waals surface area (Å²) in [6.07, 6.45) is 0.0147. The largest absolute Gasteiger partial charge is 0.489 e. The van der Waals surface area contributed by atoms with E-state index in [9.17, 15) is 14.4 Å². The molecule has 1 aliphatic heterocycles. The number of carbonyl (C=O) groups excluding carboxylic acids is 3. The van der Waals surface area contributed by atoms with Crippen LogP contribution in [-0.4, -0.2) is 49.4 Å². The number of esters is 1. The van der Waals surface area contributed by atoms with Gasteiger partial charge in [-0.05, 0) is 42.8 Å². The van der Waals surface area contributed by atoms with Crippen LogP contribution in [0.5, 0.6) is 5.75 Å². The molecule has 8 heteroatoms. The van der Waals surface area contributed by atoms with Gasteiger partial charge in [0.1, 0.15) is 18.9 Å². The molecule has 2 aromatic rings. The monoisotopic (exact) mass is 421 g/mol. The fourth-order valence-corrected chi connectivity index (χ4v) is 3.20. The smallest absolute Gasteiger partial charge is 0.307 e. The SMILES string of the molecule is CCOC(=O)CCN1CC(=O)N(C)c2ccc(OCc3ccc(C#N)cc3)cc2C1=O. The summed E-state index contributed by atoms with van der Waals surface area (Å²) in [5.74, 6) is -0.535. The Balaban J connectivity index is 1.78. The highest BCUT2D eigenvalue weighted by Crippen LogP contribution is 2.29. The van der Waals surface area contributed by atoms with Gasteiger partial charge in [-0.2, -0.15) is 5.26 Å².